The van der Waals surface area contributed by atoms with Crippen molar-refractivity contribution in [3.05, 3.63) is 0 Å². The van der Waals surface area contributed by atoms with Gasteiger partial charge in [0.25, 0.3) is 0 Å². The van der Waals surface area contributed by atoms with Crippen molar-refractivity contribution >= 4 is 7.82 Å². The van der Waals surface area contributed by atoms with Gasteiger partial charge >= 0.3 is 7.82 Å². The molecule has 0 aliphatic heterocycles. The second kappa shape index (κ2) is 10.5. The molecule has 0 saturated carbocycles. The topological polar surface area (TPSA) is 142 Å². The number of aliphatic hydroxyl groups excluding tert-OH is 3. The fraction of sp³-hybridized carbons (Fsp3) is 1.00. The van der Waals surface area contributed by atoms with E-state index in [-0.39, 0.29) is 19.8 Å². The van der Waals surface area contributed by atoms with E-state index < -0.39 is 7.82 Å². The molecule has 0 atom stereocenters. The standard InChI is InChI=1S/C6H15NO3.H3O4P/c8-4-1-7(2-5-9)3-6-10;1-5(2,3)4/h8-10H,1-6H2;(H3,1,2,3,4). The normalized spacial score (nSPS) is 11.1. The smallest absolute Gasteiger partial charge is 0.395 e. The molecule has 0 saturated heterocycles. The number of nitrogens with zero attached hydrogens (tertiary/aromatic N) is 1. The summed E-state index contributed by atoms with van der Waals surface area (Å²) in [4.78, 5) is 23.4. The van der Waals surface area contributed by atoms with Crippen LogP contribution in [-0.4, -0.2) is 74.4 Å². The summed E-state index contributed by atoms with van der Waals surface area (Å²) in [6.45, 7) is 1.75. The molecule has 94 valence electrons. The first kappa shape index (κ1) is 17.3. The van der Waals surface area contributed by atoms with E-state index in [1.54, 1.807) is 4.90 Å². The monoisotopic (exact) mass is 247 g/mol. The summed E-state index contributed by atoms with van der Waals surface area (Å²) in [7, 11) is -4.64. The van der Waals surface area contributed by atoms with E-state index in [1.807, 2.05) is 0 Å². The van der Waals surface area contributed by atoms with Crippen LogP contribution in [0.5, 0.6) is 0 Å². The van der Waals surface area contributed by atoms with Gasteiger partial charge in [-0.3, -0.25) is 4.90 Å². The zero-order valence-electron chi connectivity index (χ0n) is 8.23. The molecular weight excluding hydrogens is 229 g/mol. The van der Waals surface area contributed by atoms with Crippen molar-refractivity contribution in [3.8, 4) is 0 Å². The van der Waals surface area contributed by atoms with Gasteiger partial charge in [0.1, 0.15) is 0 Å². The van der Waals surface area contributed by atoms with Crippen molar-refractivity contribution < 1.29 is 34.6 Å². The van der Waals surface area contributed by atoms with Crippen molar-refractivity contribution in [2.45, 2.75) is 0 Å². The fourth-order valence-electron chi connectivity index (χ4n) is 0.760. The highest BCUT2D eigenvalue weighted by molar-refractivity contribution is 7.45. The molecule has 9 heteroatoms. The molecule has 0 aliphatic carbocycles. The molecule has 0 aromatic rings. The second-order valence-electron chi connectivity index (χ2n) is 2.53. The van der Waals surface area contributed by atoms with Gasteiger partial charge in [0.2, 0.25) is 0 Å². The third kappa shape index (κ3) is 24.9. The average molecular weight is 247 g/mol. The minimum Gasteiger partial charge on any atom is -0.395 e. The zero-order valence-corrected chi connectivity index (χ0v) is 9.12. The Labute approximate surface area is 87.6 Å². The van der Waals surface area contributed by atoms with Gasteiger partial charge in [0.15, 0.2) is 0 Å². The Balaban J connectivity index is 0. The molecule has 0 rings (SSSR count). The van der Waals surface area contributed by atoms with Crippen LogP contribution in [0.3, 0.4) is 0 Å². The molecule has 15 heavy (non-hydrogen) atoms. The molecule has 0 aromatic carbocycles. The van der Waals surface area contributed by atoms with Gasteiger partial charge in [0, 0.05) is 19.6 Å². The van der Waals surface area contributed by atoms with Crippen molar-refractivity contribution in [1.29, 1.82) is 0 Å². The van der Waals surface area contributed by atoms with E-state index in [0.29, 0.717) is 19.6 Å². The first-order valence-corrected chi connectivity index (χ1v) is 5.75. The molecule has 0 radical (unpaired) electrons. The summed E-state index contributed by atoms with van der Waals surface area (Å²) in [5.41, 5.74) is 0. The van der Waals surface area contributed by atoms with Gasteiger partial charge in [-0.25, -0.2) is 4.57 Å². The van der Waals surface area contributed by atoms with Gasteiger partial charge in [-0.1, -0.05) is 0 Å². The molecule has 0 spiro atoms. The van der Waals surface area contributed by atoms with Crippen molar-refractivity contribution in [3.63, 3.8) is 0 Å². The quantitative estimate of drug-likeness (QED) is 0.279. The molecule has 0 aliphatic rings. The van der Waals surface area contributed by atoms with E-state index in [0.717, 1.165) is 0 Å². The Bertz CT molecular complexity index is 150. The van der Waals surface area contributed by atoms with E-state index >= 15 is 0 Å². The molecule has 6 N–H and O–H groups in total. The molecule has 0 unspecified atom stereocenters. The summed E-state index contributed by atoms with van der Waals surface area (Å²) < 4.78 is 8.88. The van der Waals surface area contributed by atoms with Crippen LogP contribution in [0, 0.1) is 0 Å². The van der Waals surface area contributed by atoms with Crippen LogP contribution in [0.25, 0.3) is 0 Å². The van der Waals surface area contributed by atoms with Crippen molar-refractivity contribution in [2.24, 2.45) is 0 Å². The Morgan fingerprint density at radius 2 is 1.00 bits per heavy atom. The predicted molar refractivity (Wildman–Crippen MR) is 52.0 cm³/mol. The molecule has 0 bridgehead atoms. The maximum Gasteiger partial charge on any atom is 0.466 e. The zero-order chi connectivity index (χ0) is 12.3. The summed E-state index contributed by atoms with van der Waals surface area (Å²) >= 11 is 0. The number of hydrogen-bond donors (Lipinski definition) is 6. The summed E-state index contributed by atoms with van der Waals surface area (Å²) in [5, 5.41) is 25.5. The average Bonchev–Trinajstić information content (AvgIpc) is 2.02. The summed E-state index contributed by atoms with van der Waals surface area (Å²) in [6, 6.07) is 0. The first-order chi connectivity index (χ1) is 6.85. The highest BCUT2D eigenvalue weighted by Gasteiger charge is 2.00. The predicted octanol–water partition coefficient (Wildman–Crippen LogP) is -2.66. The van der Waals surface area contributed by atoms with Gasteiger partial charge < -0.3 is 30.0 Å². The first-order valence-electron chi connectivity index (χ1n) is 4.18. The Morgan fingerprint density at radius 3 is 1.13 bits per heavy atom. The number of hydrogen-bond acceptors (Lipinski definition) is 5. The number of rotatable bonds is 6. The molecule has 0 heterocycles. The Morgan fingerprint density at radius 1 is 0.800 bits per heavy atom. The maximum absolute atomic E-state index is 8.88. The second-order valence-corrected chi connectivity index (χ2v) is 3.55. The van der Waals surface area contributed by atoms with Crippen LogP contribution in [0.15, 0.2) is 0 Å². The summed E-state index contributed by atoms with van der Waals surface area (Å²) in [6.07, 6.45) is 0. The van der Waals surface area contributed by atoms with Crippen LogP contribution in [0.2, 0.25) is 0 Å². The van der Waals surface area contributed by atoms with Gasteiger partial charge in [-0.05, 0) is 0 Å². The van der Waals surface area contributed by atoms with Crippen LogP contribution in [0.4, 0.5) is 0 Å². The maximum atomic E-state index is 8.88. The fourth-order valence-corrected chi connectivity index (χ4v) is 0.760. The van der Waals surface area contributed by atoms with Gasteiger partial charge in [-0.2, -0.15) is 0 Å². The minimum absolute atomic E-state index is 0.0694. The van der Waals surface area contributed by atoms with Crippen LogP contribution in [0.1, 0.15) is 0 Å². The minimum atomic E-state index is -4.64. The van der Waals surface area contributed by atoms with Gasteiger partial charge in [-0.15, -0.1) is 0 Å². The van der Waals surface area contributed by atoms with Crippen LogP contribution >= 0.6 is 7.82 Å². The molecule has 0 amide bonds. The lowest BCUT2D eigenvalue weighted by atomic mass is 10.4. The molecule has 8 nitrogen and oxygen atoms in total. The Kier molecular flexibility index (Phi) is 12.1. The SMILES string of the molecule is O=P(O)(O)O.OCCN(CCO)CCO. The number of aliphatic hydroxyl groups is 3. The lowest BCUT2D eigenvalue weighted by Crippen LogP contribution is -2.32. The van der Waals surface area contributed by atoms with Crippen LogP contribution < -0.4 is 0 Å². The molecule has 0 aromatic heterocycles. The lowest BCUT2D eigenvalue weighted by Gasteiger charge is -2.17. The third-order valence-corrected chi connectivity index (χ3v) is 1.25. The third-order valence-electron chi connectivity index (χ3n) is 1.25. The van der Waals surface area contributed by atoms with Crippen molar-refractivity contribution in [1.82, 2.24) is 4.90 Å². The largest absolute Gasteiger partial charge is 0.466 e. The van der Waals surface area contributed by atoms with E-state index in [2.05, 4.69) is 0 Å². The number of phosphoric acid groups is 1. The van der Waals surface area contributed by atoms with E-state index in [9.17, 15) is 0 Å². The lowest BCUT2D eigenvalue weighted by molar-refractivity contribution is 0.136. The van der Waals surface area contributed by atoms with E-state index in [4.69, 9.17) is 34.6 Å². The summed E-state index contributed by atoms with van der Waals surface area (Å²) in [5.74, 6) is 0. The highest BCUT2D eigenvalue weighted by Crippen LogP contribution is 2.25. The highest BCUT2D eigenvalue weighted by atomic mass is 31.2. The van der Waals surface area contributed by atoms with Gasteiger partial charge in [0.05, 0.1) is 19.8 Å². The molecule has 0 fully saturated rings. The van der Waals surface area contributed by atoms with Crippen LogP contribution in [-0.2, 0) is 4.57 Å². The molecular formula is C6H18NO7P. The Hall–Kier alpha value is -0.0500. The van der Waals surface area contributed by atoms with E-state index in [1.165, 1.54) is 0 Å². The van der Waals surface area contributed by atoms with Crippen molar-refractivity contribution in [2.75, 3.05) is 39.5 Å².